The Morgan fingerprint density at radius 3 is 2.53 bits per heavy atom. The number of benzene rings is 2. The van der Waals surface area contributed by atoms with Gasteiger partial charge in [-0.3, -0.25) is 24.3 Å². The highest BCUT2D eigenvalue weighted by Crippen LogP contribution is 2.34. The van der Waals surface area contributed by atoms with Crippen molar-refractivity contribution in [3.05, 3.63) is 142 Å². The molecule has 1 amide bonds. The lowest BCUT2D eigenvalue weighted by molar-refractivity contribution is 0.0698. The molecule has 190 valence electrons. The van der Waals surface area contributed by atoms with Crippen molar-refractivity contribution in [3.63, 3.8) is 0 Å². The van der Waals surface area contributed by atoms with E-state index in [0.29, 0.717) is 13.2 Å². The zero-order chi connectivity index (χ0) is 25.9. The van der Waals surface area contributed by atoms with Gasteiger partial charge < -0.3 is 9.64 Å². The minimum Gasteiger partial charge on any atom is -0.482 e. The summed E-state index contributed by atoms with van der Waals surface area (Å²) < 4.78 is 7.89. The number of carbonyl (C=O) groups is 1. The molecule has 0 saturated carbocycles. The van der Waals surface area contributed by atoms with Gasteiger partial charge in [-0.15, -0.1) is 0 Å². The second-order valence-electron chi connectivity index (χ2n) is 9.48. The van der Waals surface area contributed by atoms with Crippen LogP contribution >= 0.6 is 0 Å². The fourth-order valence-electron chi connectivity index (χ4n) is 5.24. The molecule has 2 aromatic carbocycles. The number of ether oxygens (including phenoxy) is 1. The van der Waals surface area contributed by atoms with E-state index in [1.807, 2.05) is 53.2 Å². The maximum absolute atomic E-state index is 13.9. The molecule has 0 aliphatic carbocycles. The molecule has 0 saturated heterocycles. The lowest BCUT2D eigenvalue weighted by Crippen LogP contribution is -2.55. The van der Waals surface area contributed by atoms with Crippen LogP contribution in [0.3, 0.4) is 0 Å². The molecule has 7 nitrogen and oxygen atoms in total. The van der Waals surface area contributed by atoms with Crippen molar-refractivity contribution in [3.8, 4) is 5.75 Å². The van der Waals surface area contributed by atoms with E-state index < -0.39 is 0 Å². The second kappa shape index (κ2) is 10.4. The van der Waals surface area contributed by atoms with E-state index in [-0.39, 0.29) is 35.4 Å². The molecule has 0 N–H and O–H groups in total. The van der Waals surface area contributed by atoms with Crippen molar-refractivity contribution >= 4 is 5.91 Å². The number of nitrogens with zero attached hydrogens (tertiary/aromatic N) is 4. The van der Waals surface area contributed by atoms with Gasteiger partial charge in [-0.25, -0.2) is 0 Å². The van der Waals surface area contributed by atoms with Crippen LogP contribution in [0.1, 0.15) is 45.2 Å². The molecule has 1 atom stereocenters. The molecule has 2 aromatic heterocycles. The van der Waals surface area contributed by atoms with Crippen LogP contribution in [0.5, 0.6) is 5.75 Å². The number of hydrogen-bond acceptors (Lipinski definition) is 5. The standard InChI is InChI=1S/C31H28N4O3/c36-27-16-20-34-29(30(27)38-21-23-9-3-1-4-10-23)31(37)33-19-8-2-5-11-24-12-6-7-13-26(24)28(35(34)22-33)25-14-17-32-18-15-25/h1-4,6-10,12-18,20,28H,5,11,19,21-22H2/b8-2-/t28-/m0/s1. The minimum absolute atomic E-state index is 0.0664. The molecule has 38 heavy (non-hydrogen) atoms. The van der Waals surface area contributed by atoms with Crippen LogP contribution in [0.4, 0.5) is 0 Å². The maximum Gasteiger partial charge on any atom is 0.278 e. The summed E-state index contributed by atoms with van der Waals surface area (Å²) in [7, 11) is 0. The van der Waals surface area contributed by atoms with Gasteiger partial charge in [-0.1, -0.05) is 66.7 Å². The van der Waals surface area contributed by atoms with Gasteiger partial charge in [-0.05, 0) is 47.2 Å². The molecule has 2 aliphatic heterocycles. The highest BCUT2D eigenvalue weighted by atomic mass is 16.5. The van der Waals surface area contributed by atoms with E-state index in [4.69, 9.17) is 4.74 Å². The van der Waals surface area contributed by atoms with Gasteiger partial charge >= 0.3 is 0 Å². The third-order valence-electron chi connectivity index (χ3n) is 7.09. The van der Waals surface area contributed by atoms with E-state index >= 15 is 0 Å². The van der Waals surface area contributed by atoms with Crippen LogP contribution in [0.15, 0.2) is 108 Å². The Labute approximate surface area is 221 Å². The molecule has 4 aromatic rings. The number of amides is 1. The monoisotopic (exact) mass is 504 g/mol. The summed E-state index contributed by atoms with van der Waals surface area (Å²) in [5, 5.41) is 2.14. The Bertz CT molecular complexity index is 1530. The maximum atomic E-state index is 13.9. The SMILES string of the molecule is O=C1c2c(OCc3ccccc3)c(=O)ccn2N2CN1C/C=C\CCc1ccccc1[C@@H]2c1ccncc1. The first-order valence-corrected chi connectivity index (χ1v) is 12.8. The molecular formula is C31H28N4O3. The van der Waals surface area contributed by atoms with Gasteiger partial charge in [0.2, 0.25) is 5.43 Å². The molecular weight excluding hydrogens is 476 g/mol. The molecule has 4 heterocycles. The summed E-state index contributed by atoms with van der Waals surface area (Å²) in [6.45, 7) is 0.978. The first kappa shape index (κ1) is 23.7. The quantitative estimate of drug-likeness (QED) is 0.384. The van der Waals surface area contributed by atoms with Crippen molar-refractivity contribution < 1.29 is 9.53 Å². The predicted molar refractivity (Wildman–Crippen MR) is 146 cm³/mol. The molecule has 0 radical (unpaired) electrons. The lowest BCUT2D eigenvalue weighted by Gasteiger charge is -2.44. The second-order valence-corrected chi connectivity index (χ2v) is 9.48. The van der Waals surface area contributed by atoms with E-state index in [1.54, 1.807) is 23.5 Å². The average molecular weight is 505 g/mol. The number of allylic oxidation sites excluding steroid dienone is 1. The fourth-order valence-corrected chi connectivity index (χ4v) is 5.24. The molecule has 0 unspecified atom stereocenters. The van der Waals surface area contributed by atoms with Crippen molar-refractivity contribution in [2.75, 3.05) is 18.2 Å². The van der Waals surface area contributed by atoms with Gasteiger partial charge in [0.15, 0.2) is 11.4 Å². The third-order valence-corrected chi connectivity index (χ3v) is 7.09. The summed E-state index contributed by atoms with van der Waals surface area (Å²) in [6.07, 6.45) is 11.2. The Balaban J connectivity index is 1.54. The molecule has 0 fully saturated rings. The summed E-state index contributed by atoms with van der Waals surface area (Å²) >= 11 is 0. The van der Waals surface area contributed by atoms with Crippen molar-refractivity contribution in [2.24, 2.45) is 0 Å². The molecule has 2 bridgehead atoms. The highest BCUT2D eigenvalue weighted by molar-refractivity contribution is 5.96. The zero-order valence-corrected chi connectivity index (χ0v) is 20.9. The van der Waals surface area contributed by atoms with Crippen LogP contribution in [0, 0.1) is 0 Å². The van der Waals surface area contributed by atoms with Crippen LogP contribution in [-0.2, 0) is 13.0 Å². The molecule has 7 heteroatoms. The smallest absolute Gasteiger partial charge is 0.278 e. The van der Waals surface area contributed by atoms with Gasteiger partial charge in [0, 0.05) is 31.2 Å². The number of aryl methyl sites for hydroxylation is 1. The molecule has 6 rings (SSSR count). The number of fused-ring (bicyclic) bond motifs is 5. The molecule has 0 spiro atoms. The largest absolute Gasteiger partial charge is 0.482 e. The van der Waals surface area contributed by atoms with Gasteiger partial charge in [-0.2, -0.15) is 0 Å². The Morgan fingerprint density at radius 1 is 0.895 bits per heavy atom. The third kappa shape index (κ3) is 4.47. The Kier molecular flexibility index (Phi) is 6.48. The van der Waals surface area contributed by atoms with Crippen molar-refractivity contribution in [1.82, 2.24) is 14.6 Å². The number of hydrogen-bond donors (Lipinski definition) is 0. The summed E-state index contributed by atoms with van der Waals surface area (Å²) in [4.78, 5) is 33.0. The Hall–Kier alpha value is -4.65. The highest BCUT2D eigenvalue weighted by Gasteiger charge is 2.37. The van der Waals surface area contributed by atoms with Gasteiger partial charge in [0.1, 0.15) is 13.3 Å². The topological polar surface area (TPSA) is 67.7 Å². The van der Waals surface area contributed by atoms with Crippen LogP contribution in [0.2, 0.25) is 0 Å². The van der Waals surface area contributed by atoms with Crippen molar-refractivity contribution in [2.45, 2.75) is 25.5 Å². The number of aromatic nitrogens is 2. The summed E-state index contributed by atoms with van der Waals surface area (Å²) in [5.74, 6) is -0.163. The summed E-state index contributed by atoms with van der Waals surface area (Å²) in [5.41, 5.74) is 4.29. The van der Waals surface area contributed by atoms with Gasteiger partial charge in [0.05, 0.1) is 6.04 Å². The number of pyridine rings is 2. The fraction of sp³-hybridized carbons (Fsp3) is 0.194. The zero-order valence-electron chi connectivity index (χ0n) is 20.9. The van der Waals surface area contributed by atoms with E-state index in [2.05, 4.69) is 40.3 Å². The van der Waals surface area contributed by atoms with E-state index in [9.17, 15) is 9.59 Å². The predicted octanol–water partition coefficient (Wildman–Crippen LogP) is 4.47. The first-order chi connectivity index (χ1) is 18.7. The number of rotatable bonds is 4. The molecule has 2 aliphatic rings. The van der Waals surface area contributed by atoms with Crippen molar-refractivity contribution in [1.29, 1.82) is 0 Å². The van der Waals surface area contributed by atoms with Crippen LogP contribution in [0.25, 0.3) is 0 Å². The van der Waals surface area contributed by atoms with Crippen LogP contribution < -0.4 is 15.2 Å². The number of carbonyl (C=O) groups excluding carboxylic acids is 1. The van der Waals surface area contributed by atoms with E-state index in [0.717, 1.165) is 29.5 Å². The lowest BCUT2D eigenvalue weighted by atomic mass is 9.92. The summed E-state index contributed by atoms with van der Waals surface area (Å²) in [6, 6.07) is 23.4. The van der Waals surface area contributed by atoms with Gasteiger partial charge in [0.25, 0.3) is 5.91 Å². The van der Waals surface area contributed by atoms with Crippen LogP contribution in [-0.4, -0.2) is 33.7 Å². The first-order valence-electron chi connectivity index (χ1n) is 12.8. The van der Waals surface area contributed by atoms with E-state index in [1.165, 1.54) is 11.6 Å². The average Bonchev–Trinajstić information content (AvgIpc) is 2.99. The Morgan fingerprint density at radius 2 is 1.68 bits per heavy atom. The normalized spacial score (nSPS) is 17.7. The minimum atomic E-state index is -0.317.